The summed E-state index contributed by atoms with van der Waals surface area (Å²) in [6.45, 7) is 5.66. The highest BCUT2D eigenvalue weighted by atomic mass is 79.9. The third-order valence-electron chi connectivity index (χ3n) is 4.08. The average Bonchev–Trinajstić information content (AvgIpc) is 2.45. The van der Waals surface area contributed by atoms with Crippen LogP contribution in [0, 0.1) is 11.8 Å². The number of hydrogen-bond acceptors (Lipinski definition) is 3. The molecule has 4 nitrogen and oxygen atoms in total. The number of carbonyl (C=O) groups is 1. The molecule has 5 heteroatoms. The molecular weight excluding hydrogens is 346 g/mol. The number of piperidine rings is 1. The minimum Gasteiger partial charge on any atom is -0.422 e. The SMILES string of the molecule is C[C@@H]1C[C@H](C)CN(C(=O)c2cc3cc(Br)ccc3oc2=O)C1. The maximum Gasteiger partial charge on any atom is 0.349 e. The van der Waals surface area contributed by atoms with E-state index in [0.29, 0.717) is 30.5 Å². The van der Waals surface area contributed by atoms with Crippen LogP contribution < -0.4 is 5.63 Å². The Morgan fingerprint density at radius 2 is 1.91 bits per heavy atom. The molecule has 0 bridgehead atoms. The summed E-state index contributed by atoms with van der Waals surface area (Å²) in [6, 6.07) is 7.01. The first-order valence-electron chi connectivity index (χ1n) is 7.46. The third kappa shape index (κ3) is 2.95. The molecule has 22 heavy (non-hydrogen) atoms. The highest BCUT2D eigenvalue weighted by molar-refractivity contribution is 9.10. The Kier molecular flexibility index (Phi) is 4.08. The number of hydrogen-bond donors (Lipinski definition) is 0. The van der Waals surface area contributed by atoms with E-state index >= 15 is 0 Å². The van der Waals surface area contributed by atoms with Crippen LogP contribution in [0.15, 0.2) is 37.9 Å². The summed E-state index contributed by atoms with van der Waals surface area (Å²) in [5.41, 5.74) is 0.0442. The van der Waals surface area contributed by atoms with Crippen molar-refractivity contribution in [2.24, 2.45) is 11.8 Å². The minimum atomic E-state index is -0.564. The first-order chi connectivity index (χ1) is 10.4. The van der Waals surface area contributed by atoms with Crippen LogP contribution in [0.5, 0.6) is 0 Å². The minimum absolute atomic E-state index is 0.118. The molecule has 1 fully saturated rings. The summed E-state index contributed by atoms with van der Waals surface area (Å²) in [5.74, 6) is 0.678. The molecule has 0 unspecified atom stereocenters. The molecule has 0 spiro atoms. The van der Waals surface area contributed by atoms with Gasteiger partial charge in [0.25, 0.3) is 5.91 Å². The molecule has 1 saturated heterocycles. The van der Waals surface area contributed by atoms with Crippen LogP contribution in [0.2, 0.25) is 0 Å². The van der Waals surface area contributed by atoms with E-state index in [1.807, 2.05) is 6.07 Å². The van der Waals surface area contributed by atoms with E-state index in [0.717, 1.165) is 16.3 Å². The number of likely N-dealkylation sites (tertiary alicyclic amines) is 1. The summed E-state index contributed by atoms with van der Waals surface area (Å²) in [4.78, 5) is 26.6. The molecule has 2 heterocycles. The van der Waals surface area contributed by atoms with Crippen LogP contribution in [0.3, 0.4) is 0 Å². The van der Waals surface area contributed by atoms with Gasteiger partial charge in [0.2, 0.25) is 0 Å². The molecule has 116 valence electrons. The fourth-order valence-corrected chi connectivity index (χ4v) is 3.62. The highest BCUT2D eigenvalue weighted by Gasteiger charge is 2.28. The first kappa shape index (κ1) is 15.3. The Hall–Kier alpha value is -1.62. The van der Waals surface area contributed by atoms with Crippen LogP contribution in [0.1, 0.15) is 30.6 Å². The van der Waals surface area contributed by atoms with Crippen molar-refractivity contribution in [3.63, 3.8) is 0 Å². The third-order valence-corrected chi connectivity index (χ3v) is 4.57. The van der Waals surface area contributed by atoms with Crippen LogP contribution in [0.4, 0.5) is 0 Å². The van der Waals surface area contributed by atoms with E-state index < -0.39 is 5.63 Å². The molecule has 1 aromatic heterocycles. The molecule has 1 aromatic carbocycles. The fourth-order valence-electron chi connectivity index (χ4n) is 3.24. The summed E-state index contributed by atoms with van der Waals surface area (Å²) in [5, 5.41) is 0.746. The molecule has 3 rings (SSSR count). The zero-order chi connectivity index (χ0) is 15.9. The van der Waals surface area contributed by atoms with Gasteiger partial charge in [0.1, 0.15) is 11.1 Å². The average molecular weight is 364 g/mol. The molecule has 2 atom stereocenters. The standard InChI is InChI=1S/C17H18BrNO3/c1-10-5-11(2)9-19(8-10)16(20)14-7-12-6-13(18)3-4-15(12)22-17(14)21/h3-4,6-7,10-11H,5,8-9H2,1-2H3/t10-,11+. The van der Waals surface area contributed by atoms with Crippen molar-refractivity contribution < 1.29 is 9.21 Å². The largest absolute Gasteiger partial charge is 0.422 e. The molecule has 1 aliphatic rings. The van der Waals surface area contributed by atoms with E-state index in [2.05, 4.69) is 29.8 Å². The van der Waals surface area contributed by atoms with Gasteiger partial charge in [-0.05, 0) is 42.5 Å². The second kappa shape index (κ2) is 5.88. The van der Waals surface area contributed by atoms with Crippen molar-refractivity contribution in [3.05, 3.63) is 44.7 Å². The van der Waals surface area contributed by atoms with Crippen molar-refractivity contribution in [1.82, 2.24) is 4.90 Å². The van der Waals surface area contributed by atoms with Crippen molar-refractivity contribution in [2.45, 2.75) is 20.3 Å². The molecule has 2 aromatic rings. The predicted molar refractivity (Wildman–Crippen MR) is 89.0 cm³/mol. The van der Waals surface area contributed by atoms with Crippen molar-refractivity contribution in [2.75, 3.05) is 13.1 Å². The lowest BCUT2D eigenvalue weighted by molar-refractivity contribution is 0.0619. The summed E-state index contributed by atoms with van der Waals surface area (Å²) in [6.07, 6.45) is 1.11. The maximum atomic E-state index is 12.7. The first-order valence-corrected chi connectivity index (χ1v) is 8.26. The number of carbonyl (C=O) groups excluding carboxylic acids is 1. The topological polar surface area (TPSA) is 50.5 Å². The Morgan fingerprint density at radius 1 is 1.23 bits per heavy atom. The highest BCUT2D eigenvalue weighted by Crippen LogP contribution is 2.23. The Bertz CT molecular complexity index is 773. The van der Waals surface area contributed by atoms with Gasteiger partial charge < -0.3 is 9.32 Å². The van der Waals surface area contributed by atoms with Gasteiger partial charge in [-0.25, -0.2) is 4.79 Å². The number of nitrogens with zero attached hydrogens (tertiary/aromatic N) is 1. The van der Waals surface area contributed by atoms with Gasteiger partial charge in [-0.15, -0.1) is 0 Å². The number of rotatable bonds is 1. The van der Waals surface area contributed by atoms with Gasteiger partial charge in [0.15, 0.2) is 0 Å². The van der Waals surface area contributed by atoms with Crippen molar-refractivity contribution in [3.8, 4) is 0 Å². The summed E-state index contributed by atoms with van der Waals surface area (Å²) >= 11 is 3.39. The fraction of sp³-hybridized carbons (Fsp3) is 0.412. The van der Waals surface area contributed by atoms with E-state index in [1.54, 1.807) is 23.1 Å². The second-order valence-electron chi connectivity index (χ2n) is 6.29. The normalized spacial score (nSPS) is 22.0. The van der Waals surface area contributed by atoms with E-state index in [1.165, 1.54) is 0 Å². The van der Waals surface area contributed by atoms with Gasteiger partial charge >= 0.3 is 5.63 Å². The van der Waals surface area contributed by atoms with Crippen LogP contribution >= 0.6 is 15.9 Å². The van der Waals surface area contributed by atoms with E-state index in [-0.39, 0.29) is 11.5 Å². The molecule has 1 aliphatic heterocycles. The Morgan fingerprint density at radius 3 is 2.59 bits per heavy atom. The molecule has 0 radical (unpaired) electrons. The zero-order valence-corrected chi connectivity index (χ0v) is 14.2. The molecule has 0 aliphatic carbocycles. The summed E-state index contributed by atoms with van der Waals surface area (Å²) in [7, 11) is 0. The lowest BCUT2D eigenvalue weighted by atomic mass is 9.91. The number of halogens is 1. The summed E-state index contributed by atoms with van der Waals surface area (Å²) < 4.78 is 6.17. The van der Waals surface area contributed by atoms with Gasteiger partial charge in [-0.1, -0.05) is 29.8 Å². The smallest absolute Gasteiger partial charge is 0.349 e. The van der Waals surface area contributed by atoms with Crippen molar-refractivity contribution >= 4 is 32.8 Å². The van der Waals surface area contributed by atoms with E-state index in [4.69, 9.17) is 4.42 Å². The molecule has 1 amide bonds. The quantitative estimate of drug-likeness (QED) is 0.726. The second-order valence-corrected chi connectivity index (χ2v) is 7.20. The number of benzene rings is 1. The monoisotopic (exact) mass is 363 g/mol. The van der Waals surface area contributed by atoms with Crippen molar-refractivity contribution in [1.29, 1.82) is 0 Å². The Labute approximate surface area is 137 Å². The zero-order valence-electron chi connectivity index (χ0n) is 12.6. The number of amides is 1. The Balaban J connectivity index is 2.00. The number of fused-ring (bicyclic) bond motifs is 1. The predicted octanol–water partition coefficient (Wildman–Crippen LogP) is 3.67. The van der Waals surface area contributed by atoms with Gasteiger partial charge in [0.05, 0.1) is 0 Å². The molecular formula is C17H18BrNO3. The molecule has 0 N–H and O–H groups in total. The van der Waals surface area contributed by atoms with Gasteiger partial charge in [0, 0.05) is 22.9 Å². The van der Waals surface area contributed by atoms with Crippen LogP contribution in [0.25, 0.3) is 11.0 Å². The van der Waals surface area contributed by atoms with Crippen LogP contribution in [-0.4, -0.2) is 23.9 Å². The van der Waals surface area contributed by atoms with Gasteiger partial charge in [-0.3, -0.25) is 4.79 Å². The van der Waals surface area contributed by atoms with E-state index in [9.17, 15) is 9.59 Å². The maximum absolute atomic E-state index is 12.7. The molecule has 0 saturated carbocycles. The van der Waals surface area contributed by atoms with Gasteiger partial charge in [-0.2, -0.15) is 0 Å². The lowest BCUT2D eigenvalue weighted by Crippen LogP contribution is -2.43. The lowest BCUT2D eigenvalue weighted by Gasteiger charge is -2.34. The van der Waals surface area contributed by atoms with Crippen LogP contribution in [-0.2, 0) is 0 Å².